The predicted molar refractivity (Wildman–Crippen MR) is 96.5 cm³/mol. The maximum absolute atomic E-state index is 11.0. The Hall–Kier alpha value is -2.33. The summed E-state index contributed by atoms with van der Waals surface area (Å²) in [5, 5.41) is 12.4. The van der Waals surface area contributed by atoms with Gasteiger partial charge in [-0.25, -0.2) is 4.79 Å². The molecule has 1 aliphatic heterocycles. The van der Waals surface area contributed by atoms with Crippen molar-refractivity contribution in [2.45, 2.75) is 25.8 Å². The first-order valence-corrected chi connectivity index (χ1v) is 8.58. The summed E-state index contributed by atoms with van der Waals surface area (Å²) in [6.07, 6.45) is 3.78. The molecule has 2 aromatic carbocycles. The number of anilines is 1. The summed E-state index contributed by atoms with van der Waals surface area (Å²) < 4.78 is 0. The second-order valence-electron chi connectivity index (χ2n) is 6.35. The maximum Gasteiger partial charge on any atom is 0.335 e. The number of hydrogen-bond donors (Lipinski definition) is 2. The Morgan fingerprint density at radius 2 is 1.79 bits per heavy atom. The molecule has 0 aliphatic carbocycles. The van der Waals surface area contributed by atoms with E-state index in [4.69, 9.17) is 5.11 Å². The molecule has 1 saturated heterocycles. The summed E-state index contributed by atoms with van der Waals surface area (Å²) in [6.45, 7) is 4.26. The van der Waals surface area contributed by atoms with E-state index in [1.165, 1.54) is 31.5 Å². The number of nitrogens with one attached hydrogen (secondary N) is 1. The Morgan fingerprint density at radius 1 is 1.04 bits per heavy atom. The molecule has 0 saturated carbocycles. The van der Waals surface area contributed by atoms with E-state index in [0.717, 1.165) is 24.2 Å². The van der Waals surface area contributed by atoms with Crippen LogP contribution in [0.1, 0.15) is 34.3 Å². The molecule has 1 aliphatic rings. The smallest absolute Gasteiger partial charge is 0.335 e. The first-order valence-electron chi connectivity index (χ1n) is 8.58. The zero-order valence-corrected chi connectivity index (χ0v) is 13.9. The lowest BCUT2D eigenvalue weighted by molar-refractivity contribution is 0.0697. The van der Waals surface area contributed by atoms with Gasteiger partial charge in [0.25, 0.3) is 0 Å². The van der Waals surface area contributed by atoms with Crippen LogP contribution in [0.2, 0.25) is 0 Å². The Kier molecular flexibility index (Phi) is 5.49. The Labute approximate surface area is 143 Å². The highest BCUT2D eigenvalue weighted by atomic mass is 16.4. The summed E-state index contributed by atoms with van der Waals surface area (Å²) in [6, 6.07) is 15.6. The molecule has 0 spiro atoms. The largest absolute Gasteiger partial charge is 0.478 e. The molecule has 2 aromatic rings. The fourth-order valence-corrected chi connectivity index (χ4v) is 3.10. The van der Waals surface area contributed by atoms with E-state index < -0.39 is 5.97 Å². The molecule has 24 heavy (non-hydrogen) atoms. The number of hydrogen-bond acceptors (Lipinski definition) is 3. The van der Waals surface area contributed by atoms with Gasteiger partial charge in [0.2, 0.25) is 0 Å². The van der Waals surface area contributed by atoms with E-state index in [1.807, 2.05) is 6.07 Å². The SMILES string of the molecule is O=C(O)c1cccc(CNc2ccc(CCN3CCCC3)cc2)c1. The van der Waals surface area contributed by atoms with Gasteiger partial charge in [-0.3, -0.25) is 0 Å². The Balaban J connectivity index is 1.50. The lowest BCUT2D eigenvalue weighted by atomic mass is 10.1. The van der Waals surface area contributed by atoms with Crippen LogP contribution in [0.5, 0.6) is 0 Å². The molecule has 4 heteroatoms. The third kappa shape index (κ3) is 4.59. The van der Waals surface area contributed by atoms with Crippen LogP contribution in [0, 0.1) is 0 Å². The summed E-state index contributed by atoms with van der Waals surface area (Å²) in [7, 11) is 0. The third-order valence-corrected chi connectivity index (χ3v) is 4.54. The van der Waals surface area contributed by atoms with Gasteiger partial charge < -0.3 is 15.3 Å². The van der Waals surface area contributed by atoms with Crippen LogP contribution in [0.25, 0.3) is 0 Å². The average molecular weight is 324 g/mol. The monoisotopic (exact) mass is 324 g/mol. The summed E-state index contributed by atoms with van der Waals surface area (Å²) in [5.41, 5.74) is 3.71. The Bertz CT molecular complexity index is 676. The van der Waals surface area contributed by atoms with Crippen molar-refractivity contribution >= 4 is 11.7 Å². The van der Waals surface area contributed by atoms with Crippen molar-refractivity contribution in [2.75, 3.05) is 25.0 Å². The van der Waals surface area contributed by atoms with Crippen molar-refractivity contribution in [2.24, 2.45) is 0 Å². The number of carboxylic acids is 1. The van der Waals surface area contributed by atoms with Crippen LogP contribution in [-0.4, -0.2) is 35.6 Å². The van der Waals surface area contributed by atoms with Crippen molar-refractivity contribution < 1.29 is 9.90 Å². The molecule has 1 fully saturated rings. The molecular formula is C20H24N2O2. The number of aromatic carboxylic acids is 1. The van der Waals surface area contributed by atoms with Crippen LogP contribution in [0.4, 0.5) is 5.69 Å². The number of benzene rings is 2. The second kappa shape index (κ2) is 7.97. The van der Waals surface area contributed by atoms with E-state index in [-0.39, 0.29) is 0 Å². The number of likely N-dealkylation sites (tertiary alicyclic amines) is 1. The van der Waals surface area contributed by atoms with Gasteiger partial charge in [0.15, 0.2) is 0 Å². The fourth-order valence-electron chi connectivity index (χ4n) is 3.10. The van der Waals surface area contributed by atoms with E-state index in [9.17, 15) is 4.79 Å². The molecule has 4 nitrogen and oxygen atoms in total. The van der Waals surface area contributed by atoms with Gasteiger partial charge in [-0.2, -0.15) is 0 Å². The minimum Gasteiger partial charge on any atom is -0.478 e. The standard InChI is InChI=1S/C20H24N2O2/c23-20(24)18-5-3-4-17(14-18)15-21-19-8-6-16(7-9-19)10-13-22-11-1-2-12-22/h3-9,14,21H,1-2,10-13,15H2,(H,23,24). The van der Waals surface area contributed by atoms with Crippen molar-refractivity contribution in [1.29, 1.82) is 0 Å². The first-order chi connectivity index (χ1) is 11.7. The summed E-state index contributed by atoms with van der Waals surface area (Å²) >= 11 is 0. The highest BCUT2D eigenvalue weighted by Gasteiger charge is 2.10. The van der Waals surface area contributed by atoms with Crippen molar-refractivity contribution in [3.05, 3.63) is 65.2 Å². The number of carboxylic acid groups (broad SMARTS) is 1. The lowest BCUT2D eigenvalue weighted by Gasteiger charge is -2.14. The van der Waals surface area contributed by atoms with Gasteiger partial charge >= 0.3 is 5.97 Å². The molecule has 0 aromatic heterocycles. The topological polar surface area (TPSA) is 52.6 Å². The van der Waals surface area contributed by atoms with Gasteiger partial charge in [-0.1, -0.05) is 24.3 Å². The van der Waals surface area contributed by atoms with Gasteiger partial charge in [0.1, 0.15) is 0 Å². The van der Waals surface area contributed by atoms with Gasteiger partial charge in [-0.15, -0.1) is 0 Å². The van der Waals surface area contributed by atoms with Crippen molar-refractivity contribution in [3.63, 3.8) is 0 Å². The molecule has 2 N–H and O–H groups in total. The number of carbonyl (C=O) groups is 1. The van der Waals surface area contributed by atoms with Crippen LogP contribution in [0.15, 0.2) is 48.5 Å². The highest BCUT2D eigenvalue weighted by molar-refractivity contribution is 5.87. The molecule has 1 heterocycles. The zero-order chi connectivity index (χ0) is 16.8. The van der Waals surface area contributed by atoms with Crippen molar-refractivity contribution in [3.8, 4) is 0 Å². The molecule has 126 valence electrons. The van der Waals surface area contributed by atoms with Crippen LogP contribution in [-0.2, 0) is 13.0 Å². The highest BCUT2D eigenvalue weighted by Crippen LogP contribution is 2.14. The van der Waals surface area contributed by atoms with Crippen LogP contribution < -0.4 is 5.32 Å². The average Bonchev–Trinajstić information content (AvgIpc) is 3.13. The van der Waals surface area contributed by atoms with Crippen LogP contribution in [0.3, 0.4) is 0 Å². The number of rotatable bonds is 7. The summed E-state index contributed by atoms with van der Waals surface area (Å²) in [5.74, 6) is -0.890. The molecule has 3 rings (SSSR count). The maximum atomic E-state index is 11.0. The predicted octanol–water partition coefficient (Wildman–Crippen LogP) is 3.64. The molecule has 0 radical (unpaired) electrons. The van der Waals surface area contributed by atoms with Gasteiger partial charge in [-0.05, 0) is 67.7 Å². The number of nitrogens with zero attached hydrogens (tertiary/aromatic N) is 1. The molecule has 0 amide bonds. The minimum atomic E-state index is -0.890. The van der Waals surface area contributed by atoms with E-state index in [1.54, 1.807) is 18.2 Å². The lowest BCUT2D eigenvalue weighted by Crippen LogP contribution is -2.21. The minimum absolute atomic E-state index is 0.326. The summed E-state index contributed by atoms with van der Waals surface area (Å²) in [4.78, 5) is 13.5. The van der Waals surface area contributed by atoms with Crippen molar-refractivity contribution in [1.82, 2.24) is 4.90 Å². The van der Waals surface area contributed by atoms with E-state index >= 15 is 0 Å². The normalized spacial score (nSPS) is 14.7. The molecule has 0 atom stereocenters. The van der Waals surface area contributed by atoms with Gasteiger partial charge in [0, 0.05) is 18.8 Å². The second-order valence-corrected chi connectivity index (χ2v) is 6.35. The molecular weight excluding hydrogens is 300 g/mol. The Morgan fingerprint density at radius 3 is 2.50 bits per heavy atom. The van der Waals surface area contributed by atoms with Gasteiger partial charge in [0.05, 0.1) is 5.56 Å². The quantitative estimate of drug-likeness (QED) is 0.816. The fraction of sp³-hybridized carbons (Fsp3) is 0.350. The van der Waals surface area contributed by atoms with Crippen LogP contribution >= 0.6 is 0 Å². The first kappa shape index (κ1) is 16.5. The zero-order valence-electron chi connectivity index (χ0n) is 13.9. The molecule has 0 bridgehead atoms. The third-order valence-electron chi connectivity index (χ3n) is 4.54. The molecule has 0 unspecified atom stereocenters. The van der Waals surface area contributed by atoms with E-state index in [2.05, 4.69) is 34.5 Å². The van der Waals surface area contributed by atoms with E-state index in [0.29, 0.717) is 12.1 Å².